The lowest BCUT2D eigenvalue weighted by atomic mass is 9.90. The Morgan fingerprint density at radius 3 is 2.38 bits per heavy atom. The van der Waals surface area contributed by atoms with E-state index in [1.807, 2.05) is 61.5 Å². The Morgan fingerprint density at radius 2 is 1.65 bits per heavy atom. The lowest BCUT2D eigenvalue weighted by Crippen LogP contribution is -2.46. The molecule has 1 heterocycles. The van der Waals surface area contributed by atoms with Gasteiger partial charge in [0.15, 0.2) is 6.61 Å². The number of hydrogen-bond acceptors (Lipinski definition) is 5. The number of nitrogens with zero attached hydrogens (tertiary/aromatic N) is 1. The number of benzene rings is 3. The van der Waals surface area contributed by atoms with Crippen molar-refractivity contribution >= 4 is 23.5 Å². The maximum atomic E-state index is 13.5. The average Bonchev–Trinajstić information content (AvgIpc) is 2.91. The molecule has 4 rings (SSSR count). The topological polar surface area (TPSA) is 84.9 Å². The highest BCUT2D eigenvalue weighted by Crippen LogP contribution is 2.38. The lowest BCUT2D eigenvalue weighted by molar-refractivity contribution is -0.145. The highest BCUT2D eigenvalue weighted by molar-refractivity contribution is 6.07. The van der Waals surface area contributed by atoms with Gasteiger partial charge in [0.05, 0.1) is 12.6 Å². The van der Waals surface area contributed by atoms with Gasteiger partial charge in [-0.25, -0.2) is 4.79 Å². The summed E-state index contributed by atoms with van der Waals surface area (Å²) in [6, 6.07) is 24.1. The van der Waals surface area contributed by atoms with Gasteiger partial charge in [0.1, 0.15) is 5.75 Å². The van der Waals surface area contributed by atoms with Crippen LogP contribution in [0.2, 0.25) is 0 Å². The van der Waals surface area contributed by atoms with Crippen molar-refractivity contribution in [2.75, 3.05) is 18.1 Å². The van der Waals surface area contributed by atoms with E-state index in [9.17, 15) is 14.4 Å². The van der Waals surface area contributed by atoms with Crippen molar-refractivity contribution in [2.45, 2.75) is 45.2 Å². The summed E-state index contributed by atoms with van der Waals surface area (Å²) >= 11 is 0. The number of ether oxygens (including phenoxy) is 2. The van der Waals surface area contributed by atoms with Crippen molar-refractivity contribution in [2.24, 2.45) is 0 Å². The molecule has 7 heteroatoms. The molecule has 0 spiro atoms. The van der Waals surface area contributed by atoms with E-state index in [1.54, 1.807) is 36.1 Å². The highest BCUT2D eigenvalue weighted by atomic mass is 16.6. The van der Waals surface area contributed by atoms with Crippen LogP contribution in [0, 0.1) is 0 Å². The molecule has 37 heavy (non-hydrogen) atoms. The third kappa shape index (κ3) is 6.55. The molecule has 0 fully saturated rings. The van der Waals surface area contributed by atoms with Gasteiger partial charge < -0.3 is 19.7 Å². The van der Waals surface area contributed by atoms with Crippen LogP contribution in [0.1, 0.15) is 54.2 Å². The summed E-state index contributed by atoms with van der Waals surface area (Å²) in [7, 11) is 0. The van der Waals surface area contributed by atoms with Crippen LogP contribution in [-0.4, -0.2) is 37.0 Å². The zero-order valence-corrected chi connectivity index (χ0v) is 21.2. The predicted octanol–water partition coefficient (Wildman–Crippen LogP) is 4.86. The minimum absolute atomic E-state index is 0.00552. The fraction of sp³-hybridized carbons (Fsp3) is 0.300. The Labute approximate surface area is 217 Å². The first kappa shape index (κ1) is 25.9. The van der Waals surface area contributed by atoms with Crippen molar-refractivity contribution in [3.63, 3.8) is 0 Å². The maximum Gasteiger partial charge on any atom is 0.344 e. The van der Waals surface area contributed by atoms with Gasteiger partial charge in [0.25, 0.3) is 5.91 Å². The second kappa shape index (κ2) is 12.2. The third-order valence-electron chi connectivity index (χ3n) is 6.39. The van der Waals surface area contributed by atoms with E-state index in [2.05, 4.69) is 5.32 Å². The minimum Gasteiger partial charge on any atom is -0.482 e. The number of nitrogens with one attached hydrogen (secondary N) is 1. The van der Waals surface area contributed by atoms with Crippen molar-refractivity contribution in [1.29, 1.82) is 0 Å². The fourth-order valence-corrected chi connectivity index (χ4v) is 4.61. The normalized spacial score (nSPS) is 16.4. The van der Waals surface area contributed by atoms with Gasteiger partial charge in [0, 0.05) is 23.7 Å². The number of esters is 1. The van der Waals surface area contributed by atoms with Crippen molar-refractivity contribution in [1.82, 2.24) is 5.32 Å². The van der Waals surface area contributed by atoms with Crippen LogP contribution >= 0.6 is 0 Å². The Hall–Kier alpha value is -4.13. The number of amides is 2. The molecule has 3 aromatic carbocycles. The van der Waals surface area contributed by atoms with Crippen LogP contribution < -0.4 is 15.0 Å². The SMILES string of the molecule is CCOC(=O)COc1ccc(C(=O)N2c3ccccc3[C@H](NC(=O)CCc3ccccc3)C[C@@H]2C)cc1. The summed E-state index contributed by atoms with van der Waals surface area (Å²) < 4.78 is 10.3. The van der Waals surface area contributed by atoms with Crippen LogP contribution in [0.25, 0.3) is 0 Å². The van der Waals surface area contributed by atoms with Gasteiger partial charge in [-0.2, -0.15) is 0 Å². The first-order valence-electron chi connectivity index (χ1n) is 12.6. The molecular weight excluding hydrogens is 468 g/mol. The monoisotopic (exact) mass is 500 g/mol. The first-order chi connectivity index (χ1) is 18.0. The number of aryl methyl sites for hydroxylation is 1. The Bertz CT molecular complexity index is 1230. The van der Waals surface area contributed by atoms with Gasteiger partial charge in [0.2, 0.25) is 5.91 Å². The van der Waals surface area contributed by atoms with Gasteiger partial charge in [-0.3, -0.25) is 9.59 Å². The number of anilines is 1. The van der Waals surface area contributed by atoms with Gasteiger partial charge in [-0.1, -0.05) is 48.5 Å². The molecular formula is C30H32N2O5. The summed E-state index contributed by atoms with van der Waals surface area (Å²) in [4.78, 5) is 39.6. The minimum atomic E-state index is -0.442. The van der Waals surface area contributed by atoms with E-state index in [4.69, 9.17) is 9.47 Å². The molecule has 1 N–H and O–H groups in total. The molecule has 0 aliphatic carbocycles. The number of carbonyl (C=O) groups excluding carboxylic acids is 3. The summed E-state index contributed by atoms with van der Waals surface area (Å²) in [6.45, 7) is 3.84. The van der Waals surface area contributed by atoms with E-state index in [0.29, 0.717) is 37.2 Å². The molecule has 0 unspecified atom stereocenters. The van der Waals surface area contributed by atoms with Gasteiger partial charge in [-0.15, -0.1) is 0 Å². The molecule has 0 aromatic heterocycles. The molecule has 2 atom stereocenters. The Kier molecular flexibility index (Phi) is 8.56. The van der Waals surface area contributed by atoms with Crippen molar-refractivity contribution in [3.8, 4) is 5.75 Å². The van der Waals surface area contributed by atoms with Gasteiger partial charge >= 0.3 is 5.97 Å². The Morgan fingerprint density at radius 1 is 0.946 bits per heavy atom. The lowest BCUT2D eigenvalue weighted by Gasteiger charge is -2.39. The molecule has 0 saturated carbocycles. The van der Waals surface area contributed by atoms with Crippen LogP contribution in [0.3, 0.4) is 0 Å². The predicted molar refractivity (Wildman–Crippen MR) is 142 cm³/mol. The van der Waals surface area contributed by atoms with Crippen molar-refractivity contribution < 1.29 is 23.9 Å². The fourth-order valence-electron chi connectivity index (χ4n) is 4.61. The van der Waals surface area contributed by atoms with E-state index in [0.717, 1.165) is 16.8 Å². The molecule has 192 valence electrons. The second-order valence-corrected chi connectivity index (χ2v) is 9.04. The first-order valence-corrected chi connectivity index (χ1v) is 12.6. The molecule has 0 bridgehead atoms. The van der Waals surface area contributed by atoms with Crippen LogP contribution in [0.4, 0.5) is 5.69 Å². The third-order valence-corrected chi connectivity index (χ3v) is 6.39. The number of carbonyl (C=O) groups is 3. The number of fused-ring (bicyclic) bond motifs is 1. The summed E-state index contributed by atoms with van der Waals surface area (Å²) in [5.41, 5.74) is 3.36. The molecule has 1 aliphatic heterocycles. The molecule has 7 nitrogen and oxygen atoms in total. The largest absolute Gasteiger partial charge is 0.482 e. The van der Waals surface area contributed by atoms with Crippen LogP contribution in [-0.2, 0) is 20.7 Å². The number of para-hydroxylation sites is 1. The molecule has 0 radical (unpaired) electrons. The summed E-state index contributed by atoms with van der Waals surface area (Å²) in [5.74, 6) is -0.0992. The van der Waals surface area contributed by atoms with Crippen LogP contribution in [0.15, 0.2) is 78.9 Å². The van der Waals surface area contributed by atoms with Crippen LogP contribution in [0.5, 0.6) is 5.75 Å². The quantitative estimate of drug-likeness (QED) is 0.424. The van der Waals surface area contributed by atoms with E-state index < -0.39 is 5.97 Å². The molecule has 0 saturated heterocycles. The molecule has 1 aliphatic rings. The standard InChI is InChI=1S/C30H32N2O5/c1-3-36-29(34)20-37-24-16-14-23(15-17-24)30(35)32-21(2)19-26(25-11-7-8-12-27(25)32)31-28(33)18-13-22-9-5-4-6-10-22/h4-12,14-17,21,26H,3,13,18-20H2,1-2H3,(H,31,33)/t21-,26+/m0/s1. The summed E-state index contributed by atoms with van der Waals surface area (Å²) in [5, 5.41) is 3.18. The van der Waals surface area contributed by atoms with Crippen molar-refractivity contribution in [3.05, 3.63) is 95.6 Å². The van der Waals surface area contributed by atoms with E-state index in [1.165, 1.54) is 0 Å². The average molecular weight is 501 g/mol. The maximum absolute atomic E-state index is 13.5. The number of rotatable bonds is 9. The van der Waals surface area contributed by atoms with E-state index in [-0.39, 0.29) is 30.5 Å². The Balaban J connectivity index is 1.44. The zero-order chi connectivity index (χ0) is 26.2. The highest BCUT2D eigenvalue weighted by Gasteiger charge is 2.34. The van der Waals surface area contributed by atoms with Gasteiger partial charge in [-0.05, 0) is 68.1 Å². The number of hydrogen-bond donors (Lipinski definition) is 1. The molecule has 3 aromatic rings. The summed E-state index contributed by atoms with van der Waals surface area (Å²) in [6.07, 6.45) is 1.70. The van der Waals surface area contributed by atoms with E-state index >= 15 is 0 Å². The molecule has 2 amide bonds. The smallest absolute Gasteiger partial charge is 0.344 e. The second-order valence-electron chi connectivity index (χ2n) is 9.04. The zero-order valence-electron chi connectivity index (χ0n) is 21.2.